The monoisotopic (exact) mass is 421 g/mol. The van der Waals surface area contributed by atoms with Gasteiger partial charge in [0.1, 0.15) is 0 Å². The van der Waals surface area contributed by atoms with Crippen LogP contribution in [0.2, 0.25) is 5.02 Å². The van der Waals surface area contributed by atoms with Crippen molar-refractivity contribution in [2.45, 2.75) is 32.7 Å². The number of rotatable bonds is 6. The summed E-state index contributed by atoms with van der Waals surface area (Å²) in [6.45, 7) is 10.9. The number of morpholine rings is 1. The summed E-state index contributed by atoms with van der Waals surface area (Å²) >= 11 is 6.12. The molecule has 8 heteroatoms. The zero-order valence-electron chi connectivity index (χ0n) is 17.4. The molecule has 2 aliphatic heterocycles. The highest BCUT2D eigenvalue weighted by molar-refractivity contribution is 6.31. The minimum absolute atomic E-state index is 0.0532. The van der Waals surface area contributed by atoms with E-state index >= 15 is 0 Å². The van der Waals surface area contributed by atoms with Crippen molar-refractivity contribution in [1.29, 1.82) is 0 Å². The Morgan fingerprint density at radius 2 is 2.10 bits per heavy atom. The molecule has 0 radical (unpaired) electrons. The van der Waals surface area contributed by atoms with Crippen LogP contribution in [0.15, 0.2) is 23.2 Å². The van der Waals surface area contributed by atoms with Gasteiger partial charge in [-0.25, -0.2) is 0 Å². The molecular weight excluding hydrogens is 390 g/mol. The van der Waals surface area contributed by atoms with E-state index in [1.54, 1.807) is 0 Å². The molecular formula is C21H32ClN5O2. The van der Waals surface area contributed by atoms with Crippen LogP contribution in [0.5, 0.6) is 0 Å². The molecule has 0 aromatic heterocycles. The molecule has 2 fully saturated rings. The van der Waals surface area contributed by atoms with Crippen molar-refractivity contribution in [2.24, 2.45) is 4.99 Å². The van der Waals surface area contributed by atoms with Gasteiger partial charge < -0.3 is 20.3 Å². The quantitative estimate of drug-likeness (QED) is 0.545. The van der Waals surface area contributed by atoms with Gasteiger partial charge in [-0.1, -0.05) is 17.7 Å². The highest BCUT2D eigenvalue weighted by Crippen LogP contribution is 2.23. The number of carbonyl (C=O) groups excluding carboxylic acids is 1. The lowest BCUT2D eigenvalue weighted by molar-refractivity contribution is -0.116. The molecule has 2 saturated heterocycles. The molecule has 0 bridgehead atoms. The molecule has 160 valence electrons. The van der Waals surface area contributed by atoms with E-state index in [9.17, 15) is 4.79 Å². The first-order valence-corrected chi connectivity index (χ1v) is 10.9. The fourth-order valence-electron chi connectivity index (χ4n) is 3.82. The average molecular weight is 422 g/mol. The number of nitrogens with one attached hydrogen (secondary N) is 2. The molecule has 1 aromatic rings. The number of anilines is 1. The zero-order valence-corrected chi connectivity index (χ0v) is 18.2. The van der Waals surface area contributed by atoms with E-state index in [0.29, 0.717) is 24.0 Å². The number of ether oxygens (including phenoxy) is 1. The van der Waals surface area contributed by atoms with Gasteiger partial charge in [-0.15, -0.1) is 0 Å². The van der Waals surface area contributed by atoms with Crippen molar-refractivity contribution in [3.05, 3.63) is 28.8 Å². The minimum atomic E-state index is -0.0532. The third-order valence-corrected chi connectivity index (χ3v) is 5.91. The molecule has 2 aliphatic rings. The molecule has 7 nitrogen and oxygen atoms in total. The third kappa shape index (κ3) is 6.07. The number of carbonyl (C=O) groups is 1. The van der Waals surface area contributed by atoms with Gasteiger partial charge in [-0.2, -0.15) is 0 Å². The van der Waals surface area contributed by atoms with E-state index < -0.39 is 0 Å². The van der Waals surface area contributed by atoms with Crippen molar-refractivity contribution in [3.8, 4) is 0 Å². The number of halogens is 1. The maximum Gasteiger partial charge on any atom is 0.226 e. The Kier molecular flexibility index (Phi) is 8.15. The van der Waals surface area contributed by atoms with E-state index in [1.165, 1.54) is 0 Å². The molecule has 0 spiro atoms. The molecule has 29 heavy (non-hydrogen) atoms. The fraction of sp³-hybridized carbons (Fsp3) is 0.619. The Morgan fingerprint density at radius 3 is 2.86 bits per heavy atom. The van der Waals surface area contributed by atoms with Crippen molar-refractivity contribution in [1.82, 2.24) is 15.1 Å². The minimum Gasteiger partial charge on any atom is -0.379 e. The number of likely N-dealkylation sites (tertiary alicyclic amines) is 1. The van der Waals surface area contributed by atoms with Gasteiger partial charge in [0, 0.05) is 55.9 Å². The van der Waals surface area contributed by atoms with Crippen LogP contribution in [0, 0.1) is 6.92 Å². The molecule has 0 saturated carbocycles. The highest BCUT2D eigenvalue weighted by atomic mass is 35.5. The SMILES string of the molecule is CCNC(=NCCC(=O)Nc1cccc(Cl)c1C)N1CCC(N2CCOCC2)C1. The standard InChI is InChI=1S/C21H32ClN5O2/c1-3-23-21(27-10-8-17(15-27)26-11-13-29-14-12-26)24-9-7-20(28)25-19-6-4-5-18(22)16(19)2/h4-6,17H,3,7-15H2,1-2H3,(H,23,24)(H,25,28). The Morgan fingerprint density at radius 1 is 1.31 bits per heavy atom. The summed E-state index contributed by atoms with van der Waals surface area (Å²) in [5.41, 5.74) is 1.64. The molecule has 0 aliphatic carbocycles. The van der Waals surface area contributed by atoms with Crippen LogP contribution in [0.4, 0.5) is 5.69 Å². The molecule has 2 heterocycles. The molecule has 1 aromatic carbocycles. The highest BCUT2D eigenvalue weighted by Gasteiger charge is 2.30. The van der Waals surface area contributed by atoms with Gasteiger partial charge in [-0.05, 0) is 38.0 Å². The number of benzene rings is 1. The Bertz CT molecular complexity index is 721. The van der Waals surface area contributed by atoms with Gasteiger partial charge in [0.2, 0.25) is 5.91 Å². The first-order valence-electron chi connectivity index (χ1n) is 10.5. The third-order valence-electron chi connectivity index (χ3n) is 5.50. The van der Waals surface area contributed by atoms with E-state index in [4.69, 9.17) is 21.3 Å². The second-order valence-corrected chi connectivity index (χ2v) is 7.89. The number of guanidine groups is 1. The van der Waals surface area contributed by atoms with Crippen LogP contribution in [0.25, 0.3) is 0 Å². The molecule has 3 rings (SSSR count). The Balaban J connectivity index is 1.51. The largest absolute Gasteiger partial charge is 0.379 e. The lowest BCUT2D eigenvalue weighted by Gasteiger charge is -2.32. The number of hydrogen-bond acceptors (Lipinski definition) is 4. The summed E-state index contributed by atoms with van der Waals surface area (Å²) in [6, 6.07) is 6.07. The van der Waals surface area contributed by atoms with Gasteiger partial charge >= 0.3 is 0 Å². The van der Waals surface area contributed by atoms with Crippen LogP contribution < -0.4 is 10.6 Å². The lowest BCUT2D eigenvalue weighted by Crippen LogP contribution is -2.46. The topological polar surface area (TPSA) is 69.2 Å². The number of amides is 1. The van der Waals surface area contributed by atoms with Crippen LogP contribution in [-0.4, -0.2) is 80.2 Å². The summed E-state index contributed by atoms with van der Waals surface area (Å²) in [4.78, 5) is 21.8. The molecule has 1 amide bonds. The lowest BCUT2D eigenvalue weighted by atomic mass is 10.2. The summed E-state index contributed by atoms with van der Waals surface area (Å²) in [5.74, 6) is 0.845. The number of aliphatic imine (C=N–C) groups is 1. The average Bonchev–Trinajstić information content (AvgIpc) is 3.22. The first kappa shape index (κ1) is 21.9. The fourth-order valence-corrected chi connectivity index (χ4v) is 3.99. The maximum atomic E-state index is 12.3. The predicted molar refractivity (Wildman–Crippen MR) is 118 cm³/mol. The summed E-state index contributed by atoms with van der Waals surface area (Å²) in [6.07, 6.45) is 1.47. The Labute approximate surface area is 178 Å². The summed E-state index contributed by atoms with van der Waals surface area (Å²) in [7, 11) is 0. The zero-order chi connectivity index (χ0) is 20.6. The van der Waals surface area contributed by atoms with E-state index in [2.05, 4.69) is 27.4 Å². The first-order chi connectivity index (χ1) is 14.1. The van der Waals surface area contributed by atoms with Crippen molar-refractivity contribution in [3.63, 3.8) is 0 Å². The predicted octanol–water partition coefficient (Wildman–Crippen LogP) is 2.35. The van der Waals surface area contributed by atoms with Crippen LogP contribution >= 0.6 is 11.6 Å². The van der Waals surface area contributed by atoms with E-state index in [0.717, 1.165) is 69.6 Å². The molecule has 1 atom stereocenters. The van der Waals surface area contributed by atoms with E-state index in [1.807, 2.05) is 25.1 Å². The van der Waals surface area contributed by atoms with Crippen LogP contribution in [-0.2, 0) is 9.53 Å². The molecule has 1 unspecified atom stereocenters. The Hall–Kier alpha value is -1.83. The number of hydrogen-bond donors (Lipinski definition) is 2. The van der Waals surface area contributed by atoms with Crippen molar-refractivity contribution >= 4 is 29.2 Å². The van der Waals surface area contributed by atoms with Gasteiger partial charge in [0.25, 0.3) is 0 Å². The second kappa shape index (κ2) is 10.8. The maximum absolute atomic E-state index is 12.3. The van der Waals surface area contributed by atoms with Gasteiger partial charge in [0.15, 0.2) is 5.96 Å². The summed E-state index contributed by atoms with van der Waals surface area (Å²) in [5, 5.41) is 6.95. The second-order valence-electron chi connectivity index (χ2n) is 7.48. The van der Waals surface area contributed by atoms with Crippen LogP contribution in [0.1, 0.15) is 25.3 Å². The molecule has 2 N–H and O–H groups in total. The van der Waals surface area contributed by atoms with Gasteiger partial charge in [0.05, 0.1) is 19.8 Å². The van der Waals surface area contributed by atoms with Crippen LogP contribution in [0.3, 0.4) is 0 Å². The van der Waals surface area contributed by atoms with E-state index in [-0.39, 0.29) is 5.91 Å². The summed E-state index contributed by atoms with van der Waals surface area (Å²) < 4.78 is 5.47. The number of nitrogens with zero attached hydrogens (tertiary/aromatic N) is 3. The smallest absolute Gasteiger partial charge is 0.226 e. The van der Waals surface area contributed by atoms with Crippen molar-refractivity contribution in [2.75, 3.05) is 57.8 Å². The van der Waals surface area contributed by atoms with Gasteiger partial charge in [-0.3, -0.25) is 14.7 Å². The normalized spacial score (nSPS) is 20.7. The van der Waals surface area contributed by atoms with Crippen molar-refractivity contribution < 1.29 is 9.53 Å².